The van der Waals surface area contributed by atoms with Crippen molar-refractivity contribution in [1.29, 1.82) is 0 Å². The average molecular weight is 328 g/mol. The number of pyridine rings is 1. The van der Waals surface area contributed by atoms with Gasteiger partial charge in [0.15, 0.2) is 0 Å². The van der Waals surface area contributed by atoms with Crippen molar-refractivity contribution in [3.8, 4) is 5.75 Å². The second-order valence-corrected chi connectivity index (χ2v) is 6.30. The summed E-state index contributed by atoms with van der Waals surface area (Å²) in [6, 6.07) is 11.9. The minimum absolute atomic E-state index is 0.0131. The number of nitrogens with zero attached hydrogens (tertiary/aromatic N) is 2. The molecule has 0 radical (unpaired) electrons. The van der Waals surface area contributed by atoms with Crippen LogP contribution < -0.4 is 4.74 Å². The minimum Gasteiger partial charge on any atom is -0.491 e. The molecule has 0 amide bonds. The SMILES string of the molecule is OCCOc1cccc(CN2CC(O)C(Cc3ccncc3)C2)c1. The zero-order valence-electron chi connectivity index (χ0n) is 13.7. The first-order chi connectivity index (χ1) is 11.7. The number of hydrogen-bond acceptors (Lipinski definition) is 5. The Hall–Kier alpha value is -1.95. The quantitative estimate of drug-likeness (QED) is 0.806. The largest absolute Gasteiger partial charge is 0.491 e. The van der Waals surface area contributed by atoms with Crippen LogP contribution in [0.3, 0.4) is 0 Å². The van der Waals surface area contributed by atoms with Crippen molar-refractivity contribution in [2.24, 2.45) is 5.92 Å². The predicted octanol–water partition coefficient (Wildman–Crippen LogP) is 1.49. The van der Waals surface area contributed by atoms with Gasteiger partial charge < -0.3 is 14.9 Å². The Labute approximate surface area is 142 Å². The molecule has 5 nitrogen and oxygen atoms in total. The molecule has 1 aliphatic rings. The van der Waals surface area contributed by atoms with E-state index in [0.29, 0.717) is 13.2 Å². The summed E-state index contributed by atoms with van der Waals surface area (Å²) in [6.07, 6.45) is 4.17. The first-order valence-electron chi connectivity index (χ1n) is 8.36. The molecule has 128 valence electrons. The molecule has 1 aromatic carbocycles. The van der Waals surface area contributed by atoms with Gasteiger partial charge in [0.2, 0.25) is 0 Å². The number of likely N-dealkylation sites (tertiary alicyclic amines) is 1. The summed E-state index contributed by atoms with van der Waals surface area (Å²) in [5.41, 5.74) is 2.37. The highest BCUT2D eigenvalue weighted by molar-refractivity contribution is 5.28. The van der Waals surface area contributed by atoms with Gasteiger partial charge in [0.1, 0.15) is 12.4 Å². The molecule has 2 heterocycles. The summed E-state index contributed by atoms with van der Waals surface area (Å²) >= 11 is 0. The molecule has 0 spiro atoms. The Morgan fingerprint density at radius 1 is 1.12 bits per heavy atom. The van der Waals surface area contributed by atoms with E-state index in [2.05, 4.69) is 16.0 Å². The van der Waals surface area contributed by atoms with E-state index in [1.165, 1.54) is 5.56 Å². The van der Waals surface area contributed by atoms with E-state index in [1.807, 2.05) is 30.3 Å². The summed E-state index contributed by atoms with van der Waals surface area (Å²) in [6.45, 7) is 2.68. The van der Waals surface area contributed by atoms with Crippen molar-refractivity contribution < 1.29 is 14.9 Å². The van der Waals surface area contributed by atoms with Gasteiger partial charge in [-0.25, -0.2) is 0 Å². The fourth-order valence-electron chi connectivity index (χ4n) is 3.25. The highest BCUT2D eigenvalue weighted by atomic mass is 16.5. The molecule has 24 heavy (non-hydrogen) atoms. The van der Waals surface area contributed by atoms with E-state index in [1.54, 1.807) is 12.4 Å². The van der Waals surface area contributed by atoms with Gasteiger partial charge in [0.05, 0.1) is 12.7 Å². The lowest BCUT2D eigenvalue weighted by Gasteiger charge is -2.16. The predicted molar refractivity (Wildman–Crippen MR) is 91.7 cm³/mol. The molecule has 1 aromatic heterocycles. The molecule has 5 heteroatoms. The van der Waals surface area contributed by atoms with Gasteiger partial charge in [-0.15, -0.1) is 0 Å². The average Bonchev–Trinajstić information content (AvgIpc) is 2.93. The van der Waals surface area contributed by atoms with Gasteiger partial charge in [-0.05, 0) is 41.8 Å². The zero-order valence-corrected chi connectivity index (χ0v) is 13.7. The summed E-state index contributed by atoms with van der Waals surface area (Å²) in [5.74, 6) is 1.02. The molecule has 3 rings (SSSR count). The van der Waals surface area contributed by atoms with Crippen LogP contribution in [0.4, 0.5) is 0 Å². The van der Waals surface area contributed by atoms with Crippen LogP contribution in [0.1, 0.15) is 11.1 Å². The molecule has 0 saturated carbocycles. The summed E-state index contributed by atoms with van der Waals surface area (Å²) < 4.78 is 5.46. The van der Waals surface area contributed by atoms with Gasteiger partial charge in [-0.2, -0.15) is 0 Å². The molecule has 0 bridgehead atoms. The summed E-state index contributed by atoms with van der Waals surface area (Å²) in [4.78, 5) is 6.32. The van der Waals surface area contributed by atoms with Crippen molar-refractivity contribution in [1.82, 2.24) is 9.88 Å². The first kappa shape index (κ1) is 16.9. The van der Waals surface area contributed by atoms with Gasteiger partial charge in [-0.1, -0.05) is 12.1 Å². The van der Waals surface area contributed by atoms with E-state index in [-0.39, 0.29) is 18.6 Å². The smallest absolute Gasteiger partial charge is 0.119 e. The van der Waals surface area contributed by atoms with Crippen molar-refractivity contribution in [3.05, 3.63) is 59.9 Å². The van der Waals surface area contributed by atoms with Crippen molar-refractivity contribution in [2.45, 2.75) is 19.1 Å². The molecule has 2 atom stereocenters. The number of aromatic nitrogens is 1. The third kappa shape index (κ3) is 4.54. The molecular formula is C19H24N2O3. The highest BCUT2D eigenvalue weighted by Crippen LogP contribution is 2.24. The summed E-state index contributed by atoms with van der Waals surface area (Å²) in [7, 11) is 0. The van der Waals surface area contributed by atoms with Crippen LogP contribution in [0.25, 0.3) is 0 Å². The van der Waals surface area contributed by atoms with Crippen LogP contribution in [0.15, 0.2) is 48.8 Å². The van der Waals surface area contributed by atoms with E-state index < -0.39 is 0 Å². The number of hydrogen-bond donors (Lipinski definition) is 2. The fraction of sp³-hybridized carbons (Fsp3) is 0.421. The third-order valence-electron chi connectivity index (χ3n) is 4.39. The Kier molecular flexibility index (Phi) is 5.80. The number of β-amino-alcohol motifs (C(OH)–C–C–N with tert-alkyl or cyclic N) is 1. The maximum Gasteiger partial charge on any atom is 0.119 e. The Balaban J connectivity index is 1.57. The fourth-order valence-corrected chi connectivity index (χ4v) is 3.25. The molecule has 2 aromatic rings. The molecule has 1 fully saturated rings. The van der Waals surface area contributed by atoms with Gasteiger partial charge in [-0.3, -0.25) is 9.88 Å². The maximum absolute atomic E-state index is 10.4. The van der Waals surface area contributed by atoms with Crippen LogP contribution in [0, 0.1) is 5.92 Å². The second-order valence-electron chi connectivity index (χ2n) is 6.30. The first-order valence-corrected chi connectivity index (χ1v) is 8.36. The van der Waals surface area contributed by atoms with Crippen molar-refractivity contribution in [3.63, 3.8) is 0 Å². The molecule has 1 saturated heterocycles. The number of aliphatic hydroxyl groups excluding tert-OH is 2. The van der Waals surface area contributed by atoms with E-state index >= 15 is 0 Å². The van der Waals surface area contributed by atoms with Crippen molar-refractivity contribution >= 4 is 0 Å². The van der Waals surface area contributed by atoms with Gasteiger partial charge in [0, 0.05) is 37.9 Å². The number of aliphatic hydroxyl groups is 2. The monoisotopic (exact) mass is 328 g/mol. The van der Waals surface area contributed by atoms with Crippen LogP contribution in [0.2, 0.25) is 0 Å². The lowest BCUT2D eigenvalue weighted by atomic mass is 9.97. The minimum atomic E-state index is -0.299. The van der Waals surface area contributed by atoms with Crippen LogP contribution in [-0.4, -0.2) is 52.5 Å². The Bertz CT molecular complexity index is 636. The third-order valence-corrected chi connectivity index (χ3v) is 4.39. The zero-order chi connectivity index (χ0) is 16.8. The number of benzene rings is 1. The molecular weight excluding hydrogens is 304 g/mol. The van der Waals surface area contributed by atoms with Crippen LogP contribution in [0.5, 0.6) is 5.75 Å². The standard InChI is InChI=1S/C19H24N2O3/c22-8-9-24-18-3-1-2-16(11-18)12-21-13-17(19(23)14-21)10-15-4-6-20-7-5-15/h1-7,11,17,19,22-23H,8-10,12-14H2. The number of rotatable bonds is 7. The summed E-state index contributed by atoms with van der Waals surface area (Å²) in [5, 5.41) is 19.2. The second kappa shape index (κ2) is 8.24. The normalized spacial score (nSPS) is 21.1. The topological polar surface area (TPSA) is 65.8 Å². The van der Waals surface area contributed by atoms with Gasteiger partial charge >= 0.3 is 0 Å². The maximum atomic E-state index is 10.4. The molecule has 1 aliphatic heterocycles. The van der Waals surface area contributed by atoms with Gasteiger partial charge in [0.25, 0.3) is 0 Å². The van der Waals surface area contributed by atoms with Crippen molar-refractivity contribution in [2.75, 3.05) is 26.3 Å². The van der Waals surface area contributed by atoms with E-state index in [4.69, 9.17) is 9.84 Å². The molecule has 2 unspecified atom stereocenters. The van der Waals surface area contributed by atoms with E-state index in [0.717, 1.165) is 30.8 Å². The lowest BCUT2D eigenvalue weighted by molar-refractivity contribution is 0.141. The van der Waals surface area contributed by atoms with Crippen LogP contribution in [-0.2, 0) is 13.0 Å². The molecule has 0 aliphatic carbocycles. The Morgan fingerprint density at radius 3 is 2.75 bits per heavy atom. The number of ether oxygens (including phenoxy) is 1. The highest BCUT2D eigenvalue weighted by Gasteiger charge is 2.31. The molecule has 2 N–H and O–H groups in total. The van der Waals surface area contributed by atoms with Crippen LogP contribution >= 0.6 is 0 Å². The van der Waals surface area contributed by atoms with E-state index in [9.17, 15) is 5.11 Å². The lowest BCUT2D eigenvalue weighted by Crippen LogP contribution is -2.21. The Morgan fingerprint density at radius 2 is 1.96 bits per heavy atom.